The Hall–Kier alpha value is -2.01. The van der Waals surface area contributed by atoms with Crippen molar-refractivity contribution in [3.8, 4) is 17.2 Å². The highest BCUT2D eigenvalue weighted by molar-refractivity contribution is 5.49. The van der Waals surface area contributed by atoms with E-state index in [4.69, 9.17) is 9.47 Å². The van der Waals surface area contributed by atoms with E-state index in [0.29, 0.717) is 13.2 Å². The van der Waals surface area contributed by atoms with Crippen molar-refractivity contribution < 1.29 is 9.47 Å². The Morgan fingerprint density at radius 2 is 2.11 bits per heavy atom. The van der Waals surface area contributed by atoms with Crippen LogP contribution in [-0.4, -0.2) is 36.4 Å². The van der Waals surface area contributed by atoms with Crippen LogP contribution >= 0.6 is 0 Å². The summed E-state index contributed by atoms with van der Waals surface area (Å²) in [6.45, 7) is 2.12. The summed E-state index contributed by atoms with van der Waals surface area (Å²) in [5.74, 6) is 2.65. The summed E-state index contributed by atoms with van der Waals surface area (Å²) >= 11 is 0. The van der Waals surface area contributed by atoms with Crippen LogP contribution in [0.1, 0.15) is 5.82 Å². The lowest BCUT2D eigenvalue weighted by Crippen LogP contribution is -2.16. The number of rotatable bonds is 4. The van der Waals surface area contributed by atoms with Crippen molar-refractivity contribution in [3.05, 3.63) is 36.4 Å². The zero-order valence-corrected chi connectivity index (χ0v) is 10.9. The summed E-state index contributed by atoms with van der Waals surface area (Å²) in [6, 6.07) is 5.97. The van der Waals surface area contributed by atoms with E-state index in [0.717, 1.165) is 36.0 Å². The number of hydrogen-bond acceptors (Lipinski definition) is 4. The maximum Gasteiger partial charge on any atom is 0.163 e. The number of likely N-dealkylation sites (N-methyl/N-ethyl adjacent to an activating group) is 1. The van der Waals surface area contributed by atoms with Crippen LogP contribution in [0, 0.1) is 0 Å². The van der Waals surface area contributed by atoms with Gasteiger partial charge in [0, 0.05) is 31.4 Å². The molecule has 2 heterocycles. The fraction of sp³-hybridized carbons (Fsp3) is 0.357. The van der Waals surface area contributed by atoms with E-state index in [1.165, 1.54) is 0 Å². The second kappa shape index (κ2) is 5.32. The number of hydrogen-bond donors (Lipinski definition) is 1. The summed E-state index contributed by atoms with van der Waals surface area (Å²) in [5, 5.41) is 3.14. The first kappa shape index (κ1) is 12.0. The highest BCUT2D eigenvalue weighted by Crippen LogP contribution is 2.32. The topological polar surface area (TPSA) is 48.3 Å². The summed E-state index contributed by atoms with van der Waals surface area (Å²) < 4.78 is 13.2. The Bertz CT molecular complexity index is 566. The van der Waals surface area contributed by atoms with Gasteiger partial charge in [-0.25, -0.2) is 4.98 Å². The summed E-state index contributed by atoms with van der Waals surface area (Å²) in [6.07, 6.45) is 4.68. The normalized spacial score (nSPS) is 13.5. The average Bonchev–Trinajstić information content (AvgIpc) is 2.93. The number of nitrogens with one attached hydrogen (secondary N) is 1. The maximum absolute atomic E-state index is 5.61. The minimum atomic E-state index is 0.604. The van der Waals surface area contributed by atoms with Crippen LogP contribution in [0.15, 0.2) is 30.6 Å². The van der Waals surface area contributed by atoms with E-state index in [-0.39, 0.29) is 0 Å². The van der Waals surface area contributed by atoms with Gasteiger partial charge in [0.1, 0.15) is 19.0 Å². The molecule has 0 atom stereocenters. The second-order valence-electron chi connectivity index (χ2n) is 4.39. The Labute approximate surface area is 112 Å². The smallest absolute Gasteiger partial charge is 0.163 e. The molecule has 1 aromatic heterocycles. The highest BCUT2D eigenvalue weighted by Gasteiger charge is 2.13. The van der Waals surface area contributed by atoms with E-state index in [1.807, 2.05) is 37.6 Å². The molecule has 1 aromatic carbocycles. The van der Waals surface area contributed by atoms with Gasteiger partial charge >= 0.3 is 0 Å². The van der Waals surface area contributed by atoms with Crippen molar-refractivity contribution in [2.24, 2.45) is 0 Å². The molecule has 2 aromatic rings. The van der Waals surface area contributed by atoms with E-state index in [9.17, 15) is 0 Å². The largest absolute Gasteiger partial charge is 0.486 e. The molecule has 0 spiro atoms. The highest BCUT2D eigenvalue weighted by atomic mass is 16.6. The first-order valence-corrected chi connectivity index (χ1v) is 6.45. The summed E-state index contributed by atoms with van der Waals surface area (Å²) in [4.78, 5) is 4.39. The Balaban J connectivity index is 1.91. The molecule has 1 aliphatic heterocycles. The van der Waals surface area contributed by atoms with E-state index >= 15 is 0 Å². The quantitative estimate of drug-likeness (QED) is 0.901. The molecule has 100 valence electrons. The third-order valence-electron chi connectivity index (χ3n) is 3.12. The minimum Gasteiger partial charge on any atom is -0.486 e. The van der Waals surface area contributed by atoms with Crippen LogP contribution in [0.25, 0.3) is 5.69 Å². The SMILES string of the molecule is CNCCc1nccn1-c1ccc2c(c1)OCCO2. The third-order valence-corrected chi connectivity index (χ3v) is 3.12. The standard InChI is InChI=1S/C14H17N3O2/c1-15-5-4-14-16-6-7-17(14)11-2-3-12-13(10-11)19-9-8-18-12/h2-3,6-7,10,15H,4-5,8-9H2,1H3. The lowest BCUT2D eigenvalue weighted by molar-refractivity contribution is 0.171. The number of imidazole rings is 1. The third kappa shape index (κ3) is 2.42. The monoisotopic (exact) mass is 259 g/mol. The van der Waals surface area contributed by atoms with E-state index < -0.39 is 0 Å². The molecule has 0 saturated heterocycles. The van der Waals surface area contributed by atoms with Gasteiger partial charge in [0.05, 0.1) is 5.69 Å². The lowest BCUT2D eigenvalue weighted by atomic mass is 10.2. The predicted octanol–water partition coefficient (Wildman–Crippen LogP) is 1.41. The number of benzene rings is 1. The maximum atomic E-state index is 5.61. The van der Waals surface area contributed by atoms with Crippen molar-refractivity contribution in [3.63, 3.8) is 0 Å². The zero-order chi connectivity index (χ0) is 13.1. The fourth-order valence-corrected chi connectivity index (χ4v) is 2.17. The molecule has 0 unspecified atom stereocenters. The van der Waals surface area contributed by atoms with Crippen molar-refractivity contribution in [1.82, 2.24) is 14.9 Å². The molecule has 0 saturated carbocycles. The molecule has 1 N–H and O–H groups in total. The number of ether oxygens (including phenoxy) is 2. The number of aromatic nitrogens is 2. The number of nitrogens with zero attached hydrogens (tertiary/aromatic N) is 2. The predicted molar refractivity (Wildman–Crippen MR) is 72.2 cm³/mol. The first-order valence-electron chi connectivity index (χ1n) is 6.45. The van der Waals surface area contributed by atoms with Crippen molar-refractivity contribution >= 4 is 0 Å². The van der Waals surface area contributed by atoms with Gasteiger partial charge in [0.15, 0.2) is 11.5 Å². The van der Waals surface area contributed by atoms with Crippen LogP contribution in [0.4, 0.5) is 0 Å². The van der Waals surface area contributed by atoms with Crippen molar-refractivity contribution in [1.29, 1.82) is 0 Å². The van der Waals surface area contributed by atoms with Gasteiger partial charge in [-0.15, -0.1) is 0 Å². The fourth-order valence-electron chi connectivity index (χ4n) is 2.17. The van der Waals surface area contributed by atoms with Crippen LogP contribution in [-0.2, 0) is 6.42 Å². The van der Waals surface area contributed by atoms with Gasteiger partial charge in [-0.05, 0) is 19.2 Å². The molecule has 19 heavy (non-hydrogen) atoms. The zero-order valence-electron chi connectivity index (χ0n) is 10.9. The Morgan fingerprint density at radius 1 is 1.26 bits per heavy atom. The molecular weight excluding hydrogens is 242 g/mol. The molecule has 3 rings (SSSR count). The Morgan fingerprint density at radius 3 is 2.95 bits per heavy atom. The van der Waals surface area contributed by atoms with Gasteiger partial charge in [-0.1, -0.05) is 0 Å². The van der Waals surface area contributed by atoms with Crippen molar-refractivity contribution in [2.45, 2.75) is 6.42 Å². The molecule has 0 aliphatic carbocycles. The first-order chi connectivity index (χ1) is 9.38. The van der Waals surface area contributed by atoms with Gasteiger partial charge in [0.25, 0.3) is 0 Å². The summed E-state index contributed by atoms with van der Waals surface area (Å²) in [5.41, 5.74) is 1.05. The van der Waals surface area contributed by atoms with Gasteiger partial charge in [0.2, 0.25) is 0 Å². The number of fused-ring (bicyclic) bond motifs is 1. The molecule has 0 fully saturated rings. The lowest BCUT2D eigenvalue weighted by Gasteiger charge is -2.19. The molecule has 0 radical (unpaired) electrons. The van der Waals surface area contributed by atoms with Gasteiger partial charge in [-0.2, -0.15) is 0 Å². The molecule has 0 bridgehead atoms. The average molecular weight is 259 g/mol. The summed E-state index contributed by atoms with van der Waals surface area (Å²) in [7, 11) is 1.94. The van der Waals surface area contributed by atoms with Crippen molar-refractivity contribution in [2.75, 3.05) is 26.8 Å². The van der Waals surface area contributed by atoms with E-state index in [2.05, 4.69) is 14.9 Å². The van der Waals surface area contributed by atoms with Crippen LogP contribution in [0.5, 0.6) is 11.5 Å². The molecule has 1 aliphatic rings. The Kier molecular flexibility index (Phi) is 3.37. The molecule has 5 nitrogen and oxygen atoms in total. The van der Waals surface area contributed by atoms with E-state index in [1.54, 1.807) is 0 Å². The second-order valence-corrected chi connectivity index (χ2v) is 4.39. The van der Waals surface area contributed by atoms with Gasteiger partial charge in [-0.3, -0.25) is 0 Å². The minimum absolute atomic E-state index is 0.604. The molecule has 0 amide bonds. The van der Waals surface area contributed by atoms with Crippen LogP contribution in [0.2, 0.25) is 0 Å². The molecular formula is C14H17N3O2. The van der Waals surface area contributed by atoms with Crippen LogP contribution in [0.3, 0.4) is 0 Å². The van der Waals surface area contributed by atoms with Gasteiger partial charge < -0.3 is 19.4 Å². The van der Waals surface area contributed by atoms with Crippen LogP contribution < -0.4 is 14.8 Å². The molecule has 5 heteroatoms.